The number of ether oxygens (including phenoxy) is 1. The van der Waals surface area contributed by atoms with Crippen molar-refractivity contribution in [2.45, 2.75) is 32.3 Å². The Labute approximate surface area is 157 Å². The molecule has 0 saturated heterocycles. The van der Waals surface area contributed by atoms with Crippen molar-refractivity contribution in [3.8, 4) is 11.5 Å². The molecule has 0 spiro atoms. The average Bonchev–Trinajstić information content (AvgIpc) is 3.31. The second-order valence-electron chi connectivity index (χ2n) is 6.83. The van der Waals surface area contributed by atoms with Crippen LogP contribution in [0.3, 0.4) is 0 Å². The molecule has 1 fully saturated rings. The second-order valence-corrected chi connectivity index (χ2v) is 7.21. The average molecular weight is 376 g/mol. The summed E-state index contributed by atoms with van der Waals surface area (Å²) in [6.07, 6.45) is 9.66. The van der Waals surface area contributed by atoms with E-state index in [1.54, 1.807) is 7.05 Å². The molecule has 1 aliphatic heterocycles. The first-order chi connectivity index (χ1) is 12.4. The van der Waals surface area contributed by atoms with E-state index < -0.39 is 5.97 Å². The molecule has 1 aromatic rings. The van der Waals surface area contributed by atoms with Gasteiger partial charge in [-0.2, -0.15) is 0 Å². The van der Waals surface area contributed by atoms with Crippen molar-refractivity contribution < 1.29 is 19.7 Å². The highest BCUT2D eigenvalue weighted by atomic mass is 35.5. The number of aliphatic imine (C=N–C) groups is 1. The molecule has 2 N–H and O–H groups in total. The lowest BCUT2D eigenvalue weighted by Crippen LogP contribution is -2.18. The van der Waals surface area contributed by atoms with Crippen LogP contribution in [0.2, 0.25) is 5.02 Å². The molecule has 1 heterocycles. The van der Waals surface area contributed by atoms with Crippen LogP contribution in [0, 0.1) is 11.8 Å². The lowest BCUT2D eigenvalue weighted by atomic mass is 9.99. The molecule has 1 aliphatic carbocycles. The maximum Gasteiger partial charge on any atom is 0.342 e. The van der Waals surface area contributed by atoms with E-state index in [1.807, 2.05) is 25.2 Å². The minimum Gasteiger partial charge on any atom is -0.507 e. The van der Waals surface area contributed by atoms with E-state index in [4.69, 9.17) is 16.3 Å². The SMILES string of the molecule is CN=C1/C=C/C=C\[C@H]2C[C@@H]2C[C@@H](C)OC(=O)c2c(O)cc(O)c(Cl)c2C1. The molecule has 0 aromatic heterocycles. The molecule has 6 heteroatoms. The van der Waals surface area contributed by atoms with Gasteiger partial charge < -0.3 is 14.9 Å². The summed E-state index contributed by atoms with van der Waals surface area (Å²) in [5.41, 5.74) is 0.944. The highest BCUT2D eigenvalue weighted by molar-refractivity contribution is 6.33. The van der Waals surface area contributed by atoms with Gasteiger partial charge in [0.2, 0.25) is 0 Å². The summed E-state index contributed by atoms with van der Waals surface area (Å²) in [5, 5.41) is 20.2. The first-order valence-corrected chi connectivity index (χ1v) is 9.03. The van der Waals surface area contributed by atoms with Crippen LogP contribution in [0.25, 0.3) is 0 Å². The highest BCUT2D eigenvalue weighted by Gasteiger charge is 2.36. The van der Waals surface area contributed by atoms with Crippen LogP contribution >= 0.6 is 11.6 Å². The second kappa shape index (κ2) is 7.54. The zero-order valence-electron chi connectivity index (χ0n) is 14.8. The number of phenols is 2. The molecule has 0 radical (unpaired) electrons. The Morgan fingerprint density at radius 2 is 2.00 bits per heavy atom. The van der Waals surface area contributed by atoms with Gasteiger partial charge in [-0.05, 0) is 43.2 Å². The van der Waals surface area contributed by atoms with Gasteiger partial charge in [-0.1, -0.05) is 29.8 Å². The first kappa shape index (κ1) is 18.5. The van der Waals surface area contributed by atoms with Crippen molar-refractivity contribution >= 4 is 23.3 Å². The van der Waals surface area contributed by atoms with Gasteiger partial charge in [-0.15, -0.1) is 0 Å². The van der Waals surface area contributed by atoms with Crippen LogP contribution in [0.5, 0.6) is 11.5 Å². The summed E-state index contributed by atoms with van der Waals surface area (Å²) in [4.78, 5) is 16.9. The van der Waals surface area contributed by atoms with E-state index in [2.05, 4.69) is 11.1 Å². The molecule has 138 valence electrons. The lowest BCUT2D eigenvalue weighted by molar-refractivity contribution is 0.0307. The molecule has 0 amide bonds. The number of hydrogen-bond acceptors (Lipinski definition) is 5. The van der Waals surface area contributed by atoms with Gasteiger partial charge in [-0.3, -0.25) is 4.99 Å². The molecule has 3 atom stereocenters. The van der Waals surface area contributed by atoms with E-state index >= 15 is 0 Å². The van der Waals surface area contributed by atoms with Gasteiger partial charge in [-0.25, -0.2) is 4.79 Å². The number of benzene rings is 1. The minimum absolute atomic E-state index is 0.0156. The Hall–Kier alpha value is -2.27. The highest BCUT2D eigenvalue weighted by Crippen LogP contribution is 2.44. The number of phenolic OH excluding ortho intramolecular Hbond substituents is 2. The number of fused-ring (bicyclic) bond motifs is 2. The number of allylic oxidation sites excluding steroid dienone is 4. The third-order valence-electron chi connectivity index (χ3n) is 4.85. The number of hydrogen-bond donors (Lipinski definition) is 2. The van der Waals surface area contributed by atoms with E-state index in [1.165, 1.54) is 0 Å². The number of nitrogens with zero attached hydrogens (tertiary/aromatic N) is 1. The van der Waals surface area contributed by atoms with Crippen LogP contribution in [0.15, 0.2) is 35.4 Å². The molecule has 0 bridgehead atoms. The van der Waals surface area contributed by atoms with Gasteiger partial charge >= 0.3 is 5.97 Å². The van der Waals surface area contributed by atoms with Crippen LogP contribution < -0.4 is 0 Å². The molecule has 2 aliphatic rings. The van der Waals surface area contributed by atoms with E-state index in [0.717, 1.165) is 18.9 Å². The smallest absolute Gasteiger partial charge is 0.342 e. The number of carbonyl (C=O) groups is 1. The summed E-state index contributed by atoms with van der Waals surface area (Å²) >= 11 is 6.23. The molecule has 3 rings (SSSR count). The van der Waals surface area contributed by atoms with Crippen LogP contribution in [-0.4, -0.2) is 35.0 Å². The van der Waals surface area contributed by atoms with Crippen LogP contribution in [-0.2, 0) is 11.2 Å². The summed E-state index contributed by atoms with van der Waals surface area (Å²) in [7, 11) is 1.64. The molecular formula is C20H22ClNO4. The third kappa shape index (κ3) is 3.93. The molecule has 26 heavy (non-hydrogen) atoms. The van der Waals surface area contributed by atoms with Gasteiger partial charge in [0.1, 0.15) is 17.1 Å². The Morgan fingerprint density at radius 3 is 2.73 bits per heavy atom. The maximum atomic E-state index is 12.7. The molecule has 1 aromatic carbocycles. The van der Waals surface area contributed by atoms with Crippen molar-refractivity contribution in [2.24, 2.45) is 16.8 Å². The lowest BCUT2D eigenvalue weighted by Gasteiger charge is -2.17. The molecule has 1 saturated carbocycles. The van der Waals surface area contributed by atoms with E-state index in [-0.39, 0.29) is 34.6 Å². The summed E-state index contributed by atoms with van der Waals surface area (Å²) < 4.78 is 5.54. The Morgan fingerprint density at radius 1 is 1.23 bits per heavy atom. The van der Waals surface area contributed by atoms with Gasteiger partial charge in [0.05, 0.1) is 11.1 Å². The zero-order chi connectivity index (χ0) is 18.8. The van der Waals surface area contributed by atoms with Crippen molar-refractivity contribution in [2.75, 3.05) is 7.05 Å². The van der Waals surface area contributed by atoms with Crippen molar-refractivity contribution in [3.05, 3.63) is 46.5 Å². The number of esters is 1. The largest absolute Gasteiger partial charge is 0.507 e. The van der Waals surface area contributed by atoms with Crippen LogP contribution in [0.1, 0.15) is 35.7 Å². The predicted molar refractivity (Wildman–Crippen MR) is 101 cm³/mol. The fourth-order valence-electron chi connectivity index (χ4n) is 3.34. The zero-order valence-corrected chi connectivity index (χ0v) is 15.5. The van der Waals surface area contributed by atoms with Crippen molar-refractivity contribution in [1.29, 1.82) is 0 Å². The number of cyclic esters (lactones) is 1. The van der Waals surface area contributed by atoms with Crippen molar-refractivity contribution in [1.82, 2.24) is 0 Å². The van der Waals surface area contributed by atoms with Gasteiger partial charge in [0.15, 0.2) is 0 Å². The number of rotatable bonds is 0. The van der Waals surface area contributed by atoms with Gasteiger partial charge in [0, 0.05) is 25.2 Å². The topological polar surface area (TPSA) is 79.1 Å². The quantitative estimate of drug-likeness (QED) is 0.670. The monoisotopic (exact) mass is 375 g/mol. The van der Waals surface area contributed by atoms with E-state index in [9.17, 15) is 15.0 Å². The normalized spacial score (nSPS) is 29.9. The standard InChI is InChI=1S/C20H22ClNO4/c1-11-7-13-8-12(13)5-3-4-6-14(22-2)9-15-18(20(25)26-11)16(23)10-17(24)19(15)21/h3-6,10-13,23-24H,7-9H2,1-2H3/b5-3-,6-4+,22-14?/t11-,12+,13+/m1/s1. The fourth-order valence-corrected chi connectivity index (χ4v) is 3.55. The van der Waals surface area contributed by atoms with Gasteiger partial charge in [0.25, 0.3) is 0 Å². The number of halogens is 1. The third-order valence-corrected chi connectivity index (χ3v) is 5.27. The molecular weight excluding hydrogens is 354 g/mol. The first-order valence-electron chi connectivity index (χ1n) is 8.65. The maximum absolute atomic E-state index is 12.7. The Bertz CT molecular complexity index is 813. The predicted octanol–water partition coefficient (Wildman–Crippen LogP) is 4.06. The Balaban J connectivity index is 2.05. The van der Waals surface area contributed by atoms with E-state index in [0.29, 0.717) is 23.1 Å². The van der Waals surface area contributed by atoms with Crippen molar-refractivity contribution in [3.63, 3.8) is 0 Å². The summed E-state index contributed by atoms with van der Waals surface area (Å²) in [5.74, 6) is -0.269. The number of aromatic hydroxyl groups is 2. The Kier molecular flexibility index (Phi) is 5.37. The number of carbonyl (C=O) groups excluding carboxylic acids is 1. The summed E-state index contributed by atoms with van der Waals surface area (Å²) in [6, 6.07) is 1.06. The molecule has 5 nitrogen and oxygen atoms in total. The minimum atomic E-state index is -0.642. The molecule has 0 unspecified atom stereocenters. The fraction of sp³-hybridized carbons (Fsp3) is 0.400. The summed E-state index contributed by atoms with van der Waals surface area (Å²) in [6.45, 7) is 1.85. The van der Waals surface area contributed by atoms with Crippen LogP contribution in [0.4, 0.5) is 0 Å².